The summed E-state index contributed by atoms with van der Waals surface area (Å²) in [5, 5.41) is 3.66. The molecule has 2 fully saturated rings. The second kappa shape index (κ2) is 5.31. The van der Waals surface area contributed by atoms with E-state index in [4.69, 9.17) is 0 Å². The molecule has 2 atom stereocenters. The Balaban J connectivity index is 1.80. The predicted octanol–water partition coefficient (Wildman–Crippen LogP) is 2.25. The lowest BCUT2D eigenvalue weighted by atomic mass is 10.0. The van der Waals surface area contributed by atoms with Crippen molar-refractivity contribution in [1.82, 2.24) is 10.2 Å². The van der Waals surface area contributed by atoms with Crippen molar-refractivity contribution in [3.8, 4) is 0 Å². The van der Waals surface area contributed by atoms with Crippen molar-refractivity contribution in [3.05, 3.63) is 0 Å². The lowest BCUT2D eigenvalue weighted by Gasteiger charge is -2.28. The maximum absolute atomic E-state index is 3.66. The van der Waals surface area contributed by atoms with Crippen molar-refractivity contribution < 1.29 is 0 Å². The van der Waals surface area contributed by atoms with Gasteiger partial charge in [-0.1, -0.05) is 20.3 Å². The number of hydrogen-bond acceptors (Lipinski definition) is 2. The molecule has 0 heterocycles. The van der Waals surface area contributed by atoms with Gasteiger partial charge in [0.15, 0.2) is 0 Å². The maximum atomic E-state index is 3.66. The Bertz CT molecular complexity index is 189. The standard InChI is InChI=1S/C13H26N2/c1-3-14-13-7-5-6-11(13)10-15(4-2)12-8-9-12/h11-14H,3-10H2,1-2H3. The van der Waals surface area contributed by atoms with E-state index in [-0.39, 0.29) is 0 Å². The zero-order valence-corrected chi connectivity index (χ0v) is 10.3. The normalized spacial score (nSPS) is 31.4. The summed E-state index contributed by atoms with van der Waals surface area (Å²) in [7, 11) is 0. The van der Waals surface area contributed by atoms with Crippen LogP contribution in [0.15, 0.2) is 0 Å². The molecule has 0 bridgehead atoms. The fourth-order valence-electron chi connectivity index (χ4n) is 3.06. The second-order valence-corrected chi connectivity index (χ2v) is 5.17. The average molecular weight is 210 g/mol. The van der Waals surface area contributed by atoms with Crippen molar-refractivity contribution in [2.75, 3.05) is 19.6 Å². The van der Waals surface area contributed by atoms with E-state index in [0.717, 1.165) is 24.5 Å². The molecule has 2 saturated carbocycles. The molecule has 0 aromatic carbocycles. The van der Waals surface area contributed by atoms with Crippen LogP contribution in [0.2, 0.25) is 0 Å². The molecule has 0 aliphatic heterocycles. The summed E-state index contributed by atoms with van der Waals surface area (Å²) < 4.78 is 0. The van der Waals surface area contributed by atoms with Crippen molar-refractivity contribution >= 4 is 0 Å². The predicted molar refractivity (Wildman–Crippen MR) is 65.1 cm³/mol. The highest BCUT2D eigenvalue weighted by atomic mass is 15.2. The lowest BCUT2D eigenvalue weighted by molar-refractivity contribution is 0.214. The Labute approximate surface area is 94.4 Å². The zero-order valence-electron chi connectivity index (χ0n) is 10.3. The minimum atomic E-state index is 0.808. The van der Waals surface area contributed by atoms with Crippen LogP contribution in [-0.2, 0) is 0 Å². The molecule has 0 aromatic heterocycles. The van der Waals surface area contributed by atoms with Gasteiger partial charge in [-0.25, -0.2) is 0 Å². The molecule has 2 nitrogen and oxygen atoms in total. The summed E-state index contributed by atoms with van der Waals surface area (Å²) in [4.78, 5) is 2.71. The van der Waals surface area contributed by atoms with Gasteiger partial charge in [0, 0.05) is 18.6 Å². The van der Waals surface area contributed by atoms with Gasteiger partial charge in [0.25, 0.3) is 0 Å². The Kier molecular flexibility index (Phi) is 4.04. The SMILES string of the molecule is CCNC1CCCC1CN(CC)C1CC1. The van der Waals surface area contributed by atoms with Crippen LogP contribution in [0.1, 0.15) is 46.0 Å². The first kappa shape index (κ1) is 11.4. The molecule has 0 amide bonds. The van der Waals surface area contributed by atoms with Gasteiger partial charge in [0.1, 0.15) is 0 Å². The molecular weight excluding hydrogens is 184 g/mol. The minimum absolute atomic E-state index is 0.808. The Morgan fingerprint density at radius 1 is 1.13 bits per heavy atom. The van der Waals surface area contributed by atoms with Gasteiger partial charge in [-0.05, 0) is 44.7 Å². The molecule has 88 valence electrons. The van der Waals surface area contributed by atoms with Gasteiger partial charge in [-0.15, -0.1) is 0 Å². The number of nitrogens with one attached hydrogen (secondary N) is 1. The van der Waals surface area contributed by atoms with Crippen LogP contribution in [0.3, 0.4) is 0 Å². The van der Waals surface area contributed by atoms with Gasteiger partial charge in [0.2, 0.25) is 0 Å². The van der Waals surface area contributed by atoms with E-state index in [0.29, 0.717) is 0 Å². The molecule has 0 saturated heterocycles. The highest BCUT2D eigenvalue weighted by molar-refractivity contribution is 4.90. The molecule has 0 spiro atoms. The smallest absolute Gasteiger partial charge is 0.0107 e. The summed E-state index contributed by atoms with van der Waals surface area (Å²) >= 11 is 0. The average Bonchev–Trinajstić information content (AvgIpc) is 2.99. The van der Waals surface area contributed by atoms with Crippen LogP contribution in [0.4, 0.5) is 0 Å². The maximum Gasteiger partial charge on any atom is 0.0107 e. The topological polar surface area (TPSA) is 15.3 Å². The summed E-state index contributed by atoms with van der Waals surface area (Å²) in [6.45, 7) is 8.28. The van der Waals surface area contributed by atoms with Crippen molar-refractivity contribution in [2.45, 2.75) is 58.0 Å². The van der Waals surface area contributed by atoms with E-state index < -0.39 is 0 Å². The van der Waals surface area contributed by atoms with Crippen LogP contribution in [0.5, 0.6) is 0 Å². The van der Waals surface area contributed by atoms with Gasteiger partial charge < -0.3 is 10.2 Å². The van der Waals surface area contributed by atoms with Crippen molar-refractivity contribution in [1.29, 1.82) is 0 Å². The van der Waals surface area contributed by atoms with Gasteiger partial charge in [-0.2, -0.15) is 0 Å². The molecule has 0 radical (unpaired) electrons. The van der Waals surface area contributed by atoms with Crippen LogP contribution >= 0.6 is 0 Å². The number of hydrogen-bond donors (Lipinski definition) is 1. The molecule has 0 aromatic rings. The first-order chi connectivity index (χ1) is 7.35. The first-order valence-electron chi connectivity index (χ1n) is 6.82. The van der Waals surface area contributed by atoms with E-state index in [1.54, 1.807) is 0 Å². The minimum Gasteiger partial charge on any atom is -0.314 e. The molecule has 2 aliphatic carbocycles. The fraction of sp³-hybridized carbons (Fsp3) is 1.00. The quantitative estimate of drug-likeness (QED) is 0.723. The third kappa shape index (κ3) is 2.94. The largest absolute Gasteiger partial charge is 0.314 e. The molecule has 2 unspecified atom stereocenters. The van der Waals surface area contributed by atoms with Crippen LogP contribution in [0, 0.1) is 5.92 Å². The summed E-state index contributed by atoms with van der Waals surface area (Å²) in [5.41, 5.74) is 0. The number of nitrogens with zero attached hydrogens (tertiary/aromatic N) is 1. The summed E-state index contributed by atoms with van der Waals surface area (Å²) in [6, 6.07) is 1.75. The Morgan fingerprint density at radius 2 is 1.93 bits per heavy atom. The third-order valence-corrected chi connectivity index (χ3v) is 4.06. The lowest BCUT2D eigenvalue weighted by Crippen LogP contribution is -2.40. The van der Waals surface area contributed by atoms with Gasteiger partial charge in [-0.3, -0.25) is 0 Å². The van der Waals surface area contributed by atoms with Gasteiger partial charge in [0.05, 0.1) is 0 Å². The van der Waals surface area contributed by atoms with Gasteiger partial charge >= 0.3 is 0 Å². The van der Waals surface area contributed by atoms with E-state index in [9.17, 15) is 0 Å². The van der Waals surface area contributed by atoms with E-state index in [2.05, 4.69) is 24.1 Å². The molecule has 2 heteroatoms. The summed E-state index contributed by atoms with van der Waals surface area (Å²) in [5.74, 6) is 0.922. The molecule has 2 rings (SSSR count). The van der Waals surface area contributed by atoms with E-state index >= 15 is 0 Å². The zero-order chi connectivity index (χ0) is 10.7. The van der Waals surface area contributed by atoms with Crippen LogP contribution in [-0.4, -0.2) is 36.6 Å². The molecule has 1 N–H and O–H groups in total. The van der Waals surface area contributed by atoms with E-state index in [1.807, 2.05) is 0 Å². The Hall–Kier alpha value is -0.0800. The monoisotopic (exact) mass is 210 g/mol. The second-order valence-electron chi connectivity index (χ2n) is 5.17. The van der Waals surface area contributed by atoms with Crippen LogP contribution < -0.4 is 5.32 Å². The Morgan fingerprint density at radius 3 is 2.53 bits per heavy atom. The highest BCUT2D eigenvalue weighted by Crippen LogP contribution is 2.31. The molecule has 2 aliphatic rings. The highest BCUT2D eigenvalue weighted by Gasteiger charge is 2.33. The number of rotatable bonds is 6. The first-order valence-corrected chi connectivity index (χ1v) is 6.82. The molecular formula is C13H26N2. The van der Waals surface area contributed by atoms with Crippen LogP contribution in [0.25, 0.3) is 0 Å². The van der Waals surface area contributed by atoms with E-state index in [1.165, 1.54) is 45.2 Å². The fourth-order valence-corrected chi connectivity index (χ4v) is 3.06. The molecule has 15 heavy (non-hydrogen) atoms. The summed E-state index contributed by atoms with van der Waals surface area (Å²) in [6.07, 6.45) is 7.19. The van der Waals surface area contributed by atoms with Crippen molar-refractivity contribution in [2.24, 2.45) is 5.92 Å². The van der Waals surface area contributed by atoms with Crippen molar-refractivity contribution in [3.63, 3.8) is 0 Å². The third-order valence-electron chi connectivity index (χ3n) is 4.06.